The van der Waals surface area contributed by atoms with Crippen molar-refractivity contribution in [2.75, 3.05) is 19.6 Å². The van der Waals surface area contributed by atoms with Gasteiger partial charge in [0.1, 0.15) is 17.9 Å². The molecule has 3 amide bonds. The van der Waals surface area contributed by atoms with E-state index in [2.05, 4.69) is 10.6 Å². The molecule has 2 heterocycles. The first kappa shape index (κ1) is 20.8. The van der Waals surface area contributed by atoms with Crippen LogP contribution in [-0.2, 0) is 9.53 Å². The minimum Gasteiger partial charge on any atom is -0.472 e. The van der Waals surface area contributed by atoms with Crippen molar-refractivity contribution in [2.45, 2.75) is 52.2 Å². The van der Waals surface area contributed by atoms with Gasteiger partial charge in [0.15, 0.2) is 0 Å². The molecule has 0 aromatic carbocycles. The third-order valence-corrected chi connectivity index (χ3v) is 4.36. The number of ether oxygens (including phenoxy) is 1. The Kier molecular flexibility index (Phi) is 6.87. The lowest BCUT2D eigenvalue weighted by Crippen LogP contribution is -2.50. The van der Waals surface area contributed by atoms with Crippen molar-refractivity contribution in [1.82, 2.24) is 15.5 Å². The van der Waals surface area contributed by atoms with Crippen molar-refractivity contribution in [3.05, 3.63) is 24.2 Å². The van der Waals surface area contributed by atoms with E-state index < -0.39 is 17.7 Å². The summed E-state index contributed by atoms with van der Waals surface area (Å²) in [4.78, 5) is 38.0. The van der Waals surface area contributed by atoms with Crippen LogP contribution in [0.25, 0.3) is 0 Å². The molecule has 1 aliphatic heterocycles. The van der Waals surface area contributed by atoms with Crippen LogP contribution >= 0.6 is 0 Å². The third kappa shape index (κ3) is 6.62. The fraction of sp³-hybridized carbons (Fsp3) is 0.632. The second-order valence-corrected chi connectivity index (χ2v) is 7.86. The molecule has 1 aromatic heterocycles. The first-order valence-corrected chi connectivity index (χ1v) is 9.24. The lowest BCUT2D eigenvalue weighted by molar-refractivity contribution is -0.134. The predicted molar refractivity (Wildman–Crippen MR) is 99.2 cm³/mol. The highest BCUT2D eigenvalue weighted by atomic mass is 16.6. The Hall–Kier alpha value is -2.51. The van der Waals surface area contributed by atoms with Crippen molar-refractivity contribution in [3.8, 4) is 0 Å². The normalized spacial score (nSPS) is 16.5. The SMILES string of the molecule is CC(NC(=O)c1ccoc1)C(=O)N1CCC(CNC(=O)OC(C)(C)C)CC1. The van der Waals surface area contributed by atoms with Gasteiger partial charge in [-0.3, -0.25) is 9.59 Å². The van der Waals surface area contributed by atoms with E-state index in [0.717, 1.165) is 12.8 Å². The maximum atomic E-state index is 12.5. The number of amides is 3. The number of rotatable bonds is 5. The average molecular weight is 379 g/mol. The van der Waals surface area contributed by atoms with Crippen LogP contribution in [0.5, 0.6) is 0 Å². The first-order chi connectivity index (χ1) is 12.7. The molecule has 0 saturated carbocycles. The topological polar surface area (TPSA) is 101 Å². The van der Waals surface area contributed by atoms with Gasteiger partial charge in [-0.25, -0.2) is 4.79 Å². The molecule has 0 spiro atoms. The van der Waals surface area contributed by atoms with Crippen molar-refractivity contribution in [1.29, 1.82) is 0 Å². The van der Waals surface area contributed by atoms with Gasteiger partial charge in [0.2, 0.25) is 5.91 Å². The van der Waals surface area contributed by atoms with Gasteiger partial charge in [0, 0.05) is 19.6 Å². The molecular weight excluding hydrogens is 350 g/mol. The average Bonchev–Trinajstić information content (AvgIpc) is 3.13. The monoisotopic (exact) mass is 379 g/mol. The summed E-state index contributed by atoms with van der Waals surface area (Å²) >= 11 is 0. The zero-order chi connectivity index (χ0) is 20.0. The molecule has 0 aliphatic carbocycles. The molecule has 2 rings (SSSR count). The number of hydrogen-bond acceptors (Lipinski definition) is 5. The zero-order valence-corrected chi connectivity index (χ0v) is 16.4. The maximum Gasteiger partial charge on any atom is 0.407 e. The molecule has 1 saturated heterocycles. The smallest absolute Gasteiger partial charge is 0.407 e. The molecule has 27 heavy (non-hydrogen) atoms. The number of alkyl carbamates (subject to hydrolysis) is 1. The number of likely N-dealkylation sites (tertiary alicyclic amines) is 1. The molecule has 0 radical (unpaired) electrons. The summed E-state index contributed by atoms with van der Waals surface area (Å²) in [6, 6.07) is 0.944. The van der Waals surface area contributed by atoms with Gasteiger partial charge in [-0.05, 0) is 52.5 Å². The summed E-state index contributed by atoms with van der Waals surface area (Å²) in [5, 5.41) is 5.48. The van der Waals surface area contributed by atoms with Crippen molar-refractivity contribution in [3.63, 3.8) is 0 Å². The van der Waals surface area contributed by atoms with E-state index in [4.69, 9.17) is 9.15 Å². The second-order valence-electron chi connectivity index (χ2n) is 7.86. The van der Waals surface area contributed by atoms with Crippen LogP contribution in [0.15, 0.2) is 23.0 Å². The fourth-order valence-electron chi connectivity index (χ4n) is 2.91. The van der Waals surface area contributed by atoms with E-state index in [9.17, 15) is 14.4 Å². The van der Waals surface area contributed by atoms with Gasteiger partial charge in [0.05, 0.1) is 11.8 Å². The van der Waals surface area contributed by atoms with Crippen LogP contribution < -0.4 is 10.6 Å². The lowest BCUT2D eigenvalue weighted by atomic mass is 9.96. The highest BCUT2D eigenvalue weighted by Crippen LogP contribution is 2.17. The number of furan rings is 1. The number of carbonyl (C=O) groups is 3. The van der Waals surface area contributed by atoms with Crippen molar-refractivity contribution < 1.29 is 23.5 Å². The van der Waals surface area contributed by atoms with Gasteiger partial charge in [-0.15, -0.1) is 0 Å². The van der Waals surface area contributed by atoms with Gasteiger partial charge in [-0.1, -0.05) is 0 Å². The highest BCUT2D eigenvalue weighted by Gasteiger charge is 2.27. The molecule has 1 atom stereocenters. The zero-order valence-electron chi connectivity index (χ0n) is 16.4. The summed E-state index contributed by atoms with van der Waals surface area (Å²) in [7, 11) is 0. The minimum absolute atomic E-state index is 0.106. The van der Waals surface area contributed by atoms with Crippen molar-refractivity contribution >= 4 is 17.9 Å². The van der Waals surface area contributed by atoms with Crippen LogP contribution in [0.4, 0.5) is 4.79 Å². The molecule has 0 bridgehead atoms. The Morgan fingerprint density at radius 3 is 2.52 bits per heavy atom. The number of piperidine rings is 1. The maximum absolute atomic E-state index is 12.5. The summed E-state index contributed by atoms with van der Waals surface area (Å²) in [6.07, 6.45) is 3.93. The van der Waals surface area contributed by atoms with Crippen LogP contribution in [0.2, 0.25) is 0 Å². The molecule has 8 nitrogen and oxygen atoms in total. The molecule has 8 heteroatoms. The summed E-state index contributed by atoms with van der Waals surface area (Å²) in [5.41, 5.74) is -0.127. The quantitative estimate of drug-likeness (QED) is 0.816. The van der Waals surface area contributed by atoms with Gasteiger partial charge >= 0.3 is 6.09 Å². The first-order valence-electron chi connectivity index (χ1n) is 9.24. The molecule has 2 N–H and O–H groups in total. The Morgan fingerprint density at radius 1 is 1.30 bits per heavy atom. The third-order valence-electron chi connectivity index (χ3n) is 4.36. The Labute approximate surface area is 159 Å². The number of carbonyl (C=O) groups excluding carboxylic acids is 3. The largest absolute Gasteiger partial charge is 0.472 e. The van der Waals surface area contributed by atoms with Crippen LogP contribution in [0.1, 0.15) is 50.9 Å². The summed E-state index contributed by atoms with van der Waals surface area (Å²) < 4.78 is 10.1. The van der Waals surface area contributed by atoms with Gasteiger partial charge < -0.3 is 24.7 Å². The van der Waals surface area contributed by atoms with E-state index in [1.807, 2.05) is 20.8 Å². The lowest BCUT2D eigenvalue weighted by Gasteiger charge is -2.33. The number of hydrogen-bond donors (Lipinski definition) is 2. The highest BCUT2D eigenvalue weighted by molar-refractivity contribution is 5.97. The second kappa shape index (κ2) is 8.92. The molecular formula is C19H29N3O5. The Balaban J connectivity index is 1.72. The van der Waals surface area contributed by atoms with Gasteiger partial charge in [0.25, 0.3) is 5.91 Å². The van der Waals surface area contributed by atoms with Crippen molar-refractivity contribution in [2.24, 2.45) is 5.92 Å². The Morgan fingerprint density at radius 2 is 1.96 bits per heavy atom. The molecule has 1 aliphatic rings. The van der Waals surface area contributed by atoms with E-state index in [-0.39, 0.29) is 11.8 Å². The van der Waals surface area contributed by atoms with E-state index in [1.165, 1.54) is 12.5 Å². The number of nitrogens with one attached hydrogen (secondary N) is 2. The standard InChI is InChI=1S/C19H29N3O5/c1-13(21-16(23)15-7-10-26-12-15)17(24)22-8-5-14(6-9-22)11-20-18(25)27-19(2,3)4/h7,10,12-14H,5-6,8-9,11H2,1-4H3,(H,20,25)(H,21,23). The van der Waals surface area contributed by atoms with Crippen LogP contribution in [-0.4, -0.2) is 54.1 Å². The number of nitrogens with zero attached hydrogens (tertiary/aromatic N) is 1. The predicted octanol–water partition coefficient (Wildman–Crippen LogP) is 2.16. The summed E-state index contributed by atoms with van der Waals surface area (Å²) in [6.45, 7) is 8.88. The fourth-order valence-corrected chi connectivity index (χ4v) is 2.91. The van der Waals surface area contributed by atoms with Gasteiger partial charge in [-0.2, -0.15) is 0 Å². The molecule has 1 unspecified atom stereocenters. The minimum atomic E-state index is -0.608. The molecule has 1 fully saturated rings. The van der Waals surface area contributed by atoms with E-state index >= 15 is 0 Å². The van der Waals surface area contributed by atoms with Crippen LogP contribution in [0, 0.1) is 5.92 Å². The summed E-state index contributed by atoms with van der Waals surface area (Å²) in [5.74, 6) is -0.135. The van der Waals surface area contributed by atoms with E-state index in [1.54, 1.807) is 17.9 Å². The molecule has 150 valence electrons. The van der Waals surface area contributed by atoms with Crippen LogP contribution in [0.3, 0.4) is 0 Å². The van der Waals surface area contributed by atoms with E-state index in [0.29, 0.717) is 31.1 Å². The Bertz CT molecular complexity index is 643. The molecule has 1 aromatic rings.